The molecule has 148 valence electrons. The minimum absolute atomic E-state index is 0.00483. The van der Waals surface area contributed by atoms with E-state index in [9.17, 15) is 14.7 Å². The first-order valence-electron chi connectivity index (χ1n) is 9.77. The molecule has 0 bridgehead atoms. The van der Waals surface area contributed by atoms with Gasteiger partial charge in [-0.25, -0.2) is 0 Å². The molecule has 3 rings (SSSR count). The third-order valence-electron chi connectivity index (χ3n) is 6.26. The quantitative estimate of drug-likeness (QED) is 0.827. The molecule has 1 saturated carbocycles. The Labute approximate surface area is 166 Å². The minimum Gasteiger partial charge on any atom is -0.384 e. The fraction of sp³-hybridized carbons (Fsp3) is 0.619. The Bertz CT molecular complexity index is 698. The zero-order valence-corrected chi connectivity index (χ0v) is 16.9. The van der Waals surface area contributed by atoms with Gasteiger partial charge in [0, 0.05) is 29.4 Å². The van der Waals surface area contributed by atoms with Gasteiger partial charge >= 0.3 is 0 Å². The van der Waals surface area contributed by atoms with Crippen molar-refractivity contribution in [3.05, 3.63) is 34.9 Å². The lowest BCUT2D eigenvalue weighted by Crippen LogP contribution is -2.58. The molecule has 2 amide bonds. The number of aliphatic hydroxyl groups is 1. The van der Waals surface area contributed by atoms with Crippen LogP contribution in [0.1, 0.15) is 51.5 Å². The number of nitrogens with zero attached hydrogens (tertiary/aromatic N) is 1. The number of rotatable bonds is 4. The Morgan fingerprint density at radius 2 is 1.85 bits per heavy atom. The van der Waals surface area contributed by atoms with Crippen LogP contribution >= 0.6 is 11.6 Å². The van der Waals surface area contributed by atoms with Gasteiger partial charge in [-0.3, -0.25) is 9.59 Å². The molecule has 2 aliphatic rings. The normalized spacial score (nSPS) is 25.4. The van der Waals surface area contributed by atoms with Crippen LogP contribution in [0.5, 0.6) is 0 Å². The highest BCUT2D eigenvalue weighted by Crippen LogP contribution is 2.46. The Kier molecular flexibility index (Phi) is 5.82. The number of carbonyl (C=O) groups excluding carboxylic acids is 2. The van der Waals surface area contributed by atoms with Gasteiger partial charge in [0.2, 0.25) is 11.8 Å². The van der Waals surface area contributed by atoms with Gasteiger partial charge in [-0.1, -0.05) is 50.4 Å². The lowest BCUT2D eigenvalue weighted by Gasteiger charge is -2.50. The van der Waals surface area contributed by atoms with Gasteiger partial charge in [0.05, 0.1) is 12.1 Å². The van der Waals surface area contributed by atoms with E-state index in [1.54, 1.807) is 17.0 Å². The molecule has 1 aliphatic heterocycles. The molecule has 0 radical (unpaired) electrons. The van der Waals surface area contributed by atoms with Crippen molar-refractivity contribution >= 4 is 23.4 Å². The van der Waals surface area contributed by atoms with Gasteiger partial charge in [0.15, 0.2) is 0 Å². The molecule has 5 nitrogen and oxygen atoms in total. The lowest BCUT2D eigenvalue weighted by molar-refractivity contribution is -0.153. The number of hydrogen-bond donors (Lipinski definition) is 2. The van der Waals surface area contributed by atoms with Crippen LogP contribution in [0.15, 0.2) is 24.3 Å². The highest BCUT2D eigenvalue weighted by Gasteiger charge is 2.49. The standard InChI is InChI=1S/C21H29ClN2O3/c1-20(2)14-24(18(25)13-23-19(26)15-5-3-4-6-15)12-11-21(20,27)16-7-9-17(22)10-8-16/h7-10,15,27H,3-6,11-14H2,1-2H3,(H,23,26)/t21-/m0/s1. The summed E-state index contributed by atoms with van der Waals surface area (Å²) in [6.45, 7) is 4.87. The van der Waals surface area contributed by atoms with Crippen molar-refractivity contribution in [1.29, 1.82) is 0 Å². The number of likely N-dealkylation sites (tertiary alicyclic amines) is 1. The summed E-state index contributed by atoms with van der Waals surface area (Å²) < 4.78 is 0. The van der Waals surface area contributed by atoms with E-state index in [2.05, 4.69) is 5.32 Å². The number of carbonyl (C=O) groups is 2. The molecular weight excluding hydrogens is 364 g/mol. The molecule has 1 saturated heterocycles. The fourth-order valence-corrected chi connectivity index (χ4v) is 4.53. The largest absolute Gasteiger partial charge is 0.384 e. The monoisotopic (exact) mass is 392 g/mol. The summed E-state index contributed by atoms with van der Waals surface area (Å²) in [5.41, 5.74) is -0.732. The molecule has 0 unspecified atom stereocenters. The Morgan fingerprint density at radius 3 is 2.44 bits per heavy atom. The molecule has 0 aromatic heterocycles. The van der Waals surface area contributed by atoms with Gasteiger partial charge in [0.1, 0.15) is 0 Å². The van der Waals surface area contributed by atoms with Gasteiger partial charge in [-0.05, 0) is 37.0 Å². The molecular formula is C21H29ClN2O3. The molecule has 0 spiro atoms. The zero-order chi connectivity index (χ0) is 19.7. The number of halogens is 1. The van der Waals surface area contributed by atoms with Gasteiger partial charge in [0.25, 0.3) is 0 Å². The van der Waals surface area contributed by atoms with Crippen molar-refractivity contribution in [2.45, 2.75) is 51.6 Å². The van der Waals surface area contributed by atoms with Crippen LogP contribution in [-0.2, 0) is 15.2 Å². The van der Waals surface area contributed by atoms with Crippen molar-refractivity contribution in [2.75, 3.05) is 19.6 Å². The Hall–Kier alpha value is -1.59. The summed E-state index contributed by atoms with van der Waals surface area (Å²) in [6.07, 6.45) is 4.48. The summed E-state index contributed by atoms with van der Waals surface area (Å²) in [7, 11) is 0. The van der Waals surface area contributed by atoms with Gasteiger partial charge < -0.3 is 15.3 Å². The van der Waals surface area contributed by atoms with Gasteiger partial charge in [-0.15, -0.1) is 0 Å². The first-order valence-corrected chi connectivity index (χ1v) is 10.1. The predicted octanol–water partition coefficient (Wildman–Crippen LogP) is 3.09. The zero-order valence-electron chi connectivity index (χ0n) is 16.1. The minimum atomic E-state index is -1.03. The second-order valence-electron chi connectivity index (χ2n) is 8.52. The molecule has 1 aromatic carbocycles. The van der Waals surface area contributed by atoms with Crippen molar-refractivity contribution in [1.82, 2.24) is 10.2 Å². The third-order valence-corrected chi connectivity index (χ3v) is 6.52. The maximum atomic E-state index is 12.6. The summed E-state index contributed by atoms with van der Waals surface area (Å²) >= 11 is 5.97. The number of hydrogen-bond acceptors (Lipinski definition) is 3. The van der Waals surface area contributed by atoms with Crippen LogP contribution in [0.4, 0.5) is 0 Å². The van der Waals surface area contributed by atoms with E-state index in [1.807, 2.05) is 26.0 Å². The smallest absolute Gasteiger partial charge is 0.241 e. The van der Waals surface area contributed by atoms with E-state index in [-0.39, 0.29) is 24.3 Å². The van der Waals surface area contributed by atoms with E-state index in [1.165, 1.54) is 0 Å². The van der Waals surface area contributed by atoms with Crippen molar-refractivity contribution in [3.63, 3.8) is 0 Å². The fourth-order valence-electron chi connectivity index (χ4n) is 4.40. The van der Waals surface area contributed by atoms with Crippen LogP contribution in [0.25, 0.3) is 0 Å². The maximum absolute atomic E-state index is 12.6. The van der Waals surface area contributed by atoms with Crippen molar-refractivity contribution in [2.24, 2.45) is 11.3 Å². The first-order chi connectivity index (χ1) is 12.7. The lowest BCUT2D eigenvalue weighted by atomic mass is 9.66. The topological polar surface area (TPSA) is 69.6 Å². The molecule has 6 heteroatoms. The van der Waals surface area contributed by atoms with Crippen LogP contribution < -0.4 is 5.32 Å². The second-order valence-corrected chi connectivity index (χ2v) is 8.95. The van der Waals surface area contributed by atoms with Crippen LogP contribution in [0.3, 0.4) is 0 Å². The van der Waals surface area contributed by atoms with E-state index < -0.39 is 11.0 Å². The summed E-state index contributed by atoms with van der Waals surface area (Å²) in [5, 5.41) is 14.8. The average Bonchev–Trinajstić information content (AvgIpc) is 3.17. The van der Waals surface area contributed by atoms with E-state index in [0.717, 1.165) is 31.2 Å². The third kappa shape index (κ3) is 4.14. The summed E-state index contributed by atoms with van der Waals surface area (Å²) in [5.74, 6) is -0.0343. The number of benzene rings is 1. The number of piperidine rings is 1. The second kappa shape index (κ2) is 7.80. The van der Waals surface area contributed by atoms with Crippen molar-refractivity contribution in [3.8, 4) is 0 Å². The molecule has 1 heterocycles. The van der Waals surface area contributed by atoms with Crippen LogP contribution in [-0.4, -0.2) is 41.5 Å². The maximum Gasteiger partial charge on any atom is 0.241 e. The number of amides is 2. The summed E-state index contributed by atoms with van der Waals surface area (Å²) in [4.78, 5) is 26.5. The Balaban J connectivity index is 1.61. The Morgan fingerprint density at radius 1 is 1.22 bits per heavy atom. The molecule has 1 atom stereocenters. The van der Waals surface area contributed by atoms with E-state index >= 15 is 0 Å². The molecule has 1 aliphatic carbocycles. The summed E-state index contributed by atoms with van der Waals surface area (Å²) in [6, 6.07) is 7.26. The van der Waals surface area contributed by atoms with Crippen LogP contribution in [0, 0.1) is 11.3 Å². The highest BCUT2D eigenvalue weighted by atomic mass is 35.5. The van der Waals surface area contributed by atoms with Crippen LogP contribution in [0.2, 0.25) is 5.02 Å². The van der Waals surface area contributed by atoms with Gasteiger partial charge in [-0.2, -0.15) is 0 Å². The predicted molar refractivity (Wildman–Crippen MR) is 105 cm³/mol. The molecule has 2 N–H and O–H groups in total. The van der Waals surface area contributed by atoms with Crippen molar-refractivity contribution < 1.29 is 14.7 Å². The molecule has 2 fully saturated rings. The molecule has 1 aromatic rings. The first kappa shape index (κ1) is 20.2. The SMILES string of the molecule is CC1(C)CN(C(=O)CNC(=O)C2CCCC2)CC[C@]1(O)c1ccc(Cl)cc1. The number of nitrogens with one attached hydrogen (secondary N) is 1. The van der Waals surface area contributed by atoms with E-state index in [0.29, 0.717) is 24.5 Å². The van der Waals surface area contributed by atoms with E-state index in [4.69, 9.17) is 11.6 Å². The average molecular weight is 393 g/mol. The molecule has 27 heavy (non-hydrogen) atoms. The highest BCUT2D eigenvalue weighted by molar-refractivity contribution is 6.30.